The first-order valence-electron chi connectivity index (χ1n) is 7.60. The average molecular weight is 341 g/mol. The number of aromatic nitrogens is 1. The van der Waals surface area contributed by atoms with Crippen LogP contribution in [0.1, 0.15) is 19.3 Å². The Balaban J connectivity index is 1.64. The Hall–Kier alpha value is -2.02. The Labute approximate surface area is 140 Å². The van der Waals surface area contributed by atoms with Gasteiger partial charge in [-0.2, -0.15) is 0 Å². The van der Waals surface area contributed by atoms with Crippen LogP contribution in [-0.4, -0.2) is 43.2 Å². The molecular formula is C15H21ClN4O3. The smallest absolute Gasteiger partial charge is 0.407 e. The molecule has 2 heterocycles. The Morgan fingerprint density at radius 3 is 2.74 bits per heavy atom. The third kappa shape index (κ3) is 5.94. The third-order valence-corrected chi connectivity index (χ3v) is 4.04. The molecule has 0 aromatic carbocycles. The summed E-state index contributed by atoms with van der Waals surface area (Å²) in [5.74, 6) is 0.833. The van der Waals surface area contributed by atoms with Crippen LogP contribution in [0.25, 0.3) is 0 Å². The molecule has 23 heavy (non-hydrogen) atoms. The van der Waals surface area contributed by atoms with E-state index in [1.54, 1.807) is 6.20 Å². The fraction of sp³-hybridized carbons (Fsp3) is 0.533. The van der Waals surface area contributed by atoms with Crippen molar-refractivity contribution in [2.45, 2.75) is 19.3 Å². The number of hydrogen-bond donors (Lipinski definition) is 2. The maximum absolute atomic E-state index is 11.3. The lowest BCUT2D eigenvalue weighted by molar-refractivity contribution is -0.120. The molecule has 1 saturated heterocycles. The maximum Gasteiger partial charge on any atom is 0.407 e. The van der Waals surface area contributed by atoms with Crippen LogP contribution in [-0.2, 0) is 9.53 Å². The van der Waals surface area contributed by atoms with Gasteiger partial charge in [0.15, 0.2) is 6.61 Å². The Morgan fingerprint density at radius 2 is 2.13 bits per heavy atom. The van der Waals surface area contributed by atoms with Crippen molar-refractivity contribution in [2.75, 3.05) is 31.1 Å². The van der Waals surface area contributed by atoms with Crippen molar-refractivity contribution in [3.05, 3.63) is 23.4 Å². The predicted octanol–water partition coefficient (Wildman–Crippen LogP) is 1.55. The number of primary amides is 1. The minimum Gasteiger partial charge on any atom is -0.439 e. The standard InChI is InChI=1S/C15H21ClN4O3/c16-12-1-2-14(19-9-12)20-7-4-11(5-8-20)3-6-18-15(22)23-10-13(17)21/h1-2,9,11H,3-8,10H2,(H2,17,21)(H,18,22). The van der Waals surface area contributed by atoms with Crippen LogP contribution in [0.5, 0.6) is 0 Å². The normalized spacial score (nSPS) is 15.3. The number of amides is 2. The van der Waals surface area contributed by atoms with Crippen molar-refractivity contribution in [1.29, 1.82) is 0 Å². The van der Waals surface area contributed by atoms with Crippen LogP contribution in [0, 0.1) is 5.92 Å². The van der Waals surface area contributed by atoms with Gasteiger partial charge in [0, 0.05) is 25.8 Å². The van der Waals surface area contributed by atoms with Gasteiger partial charge < -0.3 is 20.7 Å². The Kier molecular flexibility index (Phi) is 6.46. The van der Waals surface area contributed by atoms with Gasteiger partial charge >= 0.3 is 6.09 Å². The van der Waals surface area contributed by atoms with E-state index >= 15 is 0 Å². The van der Waals surface area contributed by atoms with Gasteiger partial charge in [-0.15, -0.1) is 0 Å². The number of anilines is 1. The van der Waals surface area contributed by atoms with E-state index in [0.29, 0.717) is 17.5 Å². The molecule has 0 saturated carbocycles. The number of piperidine rings is 1. The topological polar surface area (TPSA) is 97.6 Å². The zero-order valence-electron chi connectivity index (χ0n) is 12.8. The van der Waals surface area contributed by atoms with Crippen LogP contribution in [0.2, 0.25) is 5.02 Å². The van der Waals surface area contributed by atoms with Gasteiger partial charge in [-0.25, -0.2) is 9.78 Å². The van der Waals surface area contributed by atoms with Crippen molar-refractivity contribution in [2.24, 2.45) is 11.7 Å². The van der Waals surface area contributed by atoms with Crippen molar-refractivity contribution < 1.29 is 14.3 Å². The number of halogens is 1. The lowest BCUT2D eigenvalue weighted by atomic mass is 9.93. The molecule has 3 N–H and O–H groups in total. The molecule has 8 heteroatoms. The first kappa shape index (κ1) is 17.3. The number of nitrogens with one attached hydrogen (secondary N) is 1. The van der Waals surface area contributed by atoms with Gasteiger partial charge in [0.2, 0.25) is 0 Å². The number of hydrogen-bond acceptors (Lipinski definition) is 5. The number of carbonyl (C=O) groups excluding carboxylic acids is 2. The second-order valence-corrected chi connectivity index (χ2v) is 5.96. The van der Waals surface area contributed by atoms with Crippen molar-refractivity contribution in [3.63, 3.8) is 0 Å². The summed E-state index contributed by atoms with van der Waals surface area (Å²) >= 11 is 5.84. The minimum atomic E-state index is -0.664. The molecule has 1 aliphatic rings. The molecular weight excluding hydrogens is 320 g/mol. The average Bonchev–Trinajstić information content (AvgIpc) is 2.54. The largest absolute Gasteiger partial charge is 0.439 e. The van der Waals surface area contributed by atoms with Gasteiger partial charge in [-0.3, -0.25) is 4.79 Å². The summed E-state index contributed by atoms with van der Waals surface area (Å²) in [4.78, 5) is 28.3. The summed E-state index contributed by atoms with van der Waals surface area (Å²) in [6.07, 6.45) is 4.02. The summed E-state index contributed by atoms with van der Waals surface area (Å²) in [7, 11) is 0. The fourth-order valence-electron chi connectivity index (χ4n) is 2.57. The van der Waals surface area contributed by atoms with E-state index in [0.717, 1.165) is 38.2 Å². The van der Waals surface area contributed by atoms with E-state index in [4.69, 9.17) is 17.3 Å². The molecule has 1 fully saturated rings. The molecule has 1 aliphatic heterocycles. The number of pyridine rings is 1. The molecule has 2 rings (SSSR count). The summed E-state index contributed by atoms with van der Waals surface area (Å²) in [6, 6.07) is 3.77. The first-order valence-corrected chi connectivity index (χ1v) is 7.98. The fourth-order valence-corrected chi connectivity index (χ4v) is 2.68. The van der Waals surface area contributed by atoms with Crippen molar-refractivity contribution in [3.8, 4) is 0 Å². The monoisotopic (exact) mass is 340 g/mol. The zero-order valence-corrected chi connectivity index (χ0v) is 13.6. The first-order chi connectivity index (χ1) is 11.0. The van der Waals surface area contributed by atoms with Gasteiger partial charge in [0.05, 0.1) is 5.02 Å². The van der Waals surface area contributed by atoms with Gasteiger partial charge in [-0.05, 0) is 37.3 Å². The molecule has 0 spiro atoms. The predicted molar refractivity (Wildman–Crippen MR) is 87.3 cm³/mol. The highest BCUT2D eigenvalue weighted by Gasteiger charge is 2.20. The molecule has 0 bridgehead atoms. The molecule has 126 valence electrons. The lowest BCUT2D eigenvalue weighted by Gasteiger charge is -2.32. The van der Waals surface area contributed by atoms with E-state index in [1.165, 1.54) is 0 Å². The highest BCUT2D eigenvalue weighted by atomic mass is 35.5. The van der Waals surface area contributed by atoms with Crippen LogP contribution in [0.15, 0.2) is 18.3 Å². The summed E-state index contributed by atoms with van der Waals surface area (Å²) in [5.41, 5.74) is 4.89. The van der Waals surface area contributed by atoms with Crippen molar-refractivity contribution in [1.82, 2.24) is 10.3 Å². The van der Waals surface area contributed by atoms with Gasteiger partial charge in [0.25, 0.3) is 5.91 Å². The number of ether oxygens (including phenoxy) is 1. The van der Waals surface area contributed by atoms with E-state index < -0.39 is 18.6 Å². The summed E-state index contributed by atoms with van der Waals surface area (Å²) in [5, 5.41) is 3.26. The van der Waals surface area contributed by atoms with Crippen LogP contribution < -0.4 is 16.0 Å². The molecule has 1 aromatic heterocycles. The number of nitrogens with two attached hydrogens (primary N) is 1. The zero-order chi connectivity index (χ0) is 16.7. The van der Waals surface area contributed by atoms with E-state index in [1.807, 2.05) is 12.1 Å². The quantitative estimate of drug-likeness (QED) is 0.818. The molecule has 0 aliphatic carbocycles. The molecule has 2 amide bonds. The molecule has 0 unspecified atom stereocenters. The van der Waals surface area contributed by atoms with Gasteiger partial charge in [0.1, 0.15) is 5.82 Å². The van der Waals surface area contributed by atoms with E-state index in [9.17, 15) is 9.59 Å². The lowest BCUT2D eigenvalue weighted by Crippen LogP contribution is -2.36. The second kappa shape index (κ2) is 8.57. The SMILES string of the molecule is NC(=O)COC(=O)NCCC1CCN(c2ccc(Cl)cn2)CC1. The maximum atomic E-state index is 11.3. The Bertz CT molecular complexity index is 530. The number of alkyl carbamates (subject to hydrolysis) is 1. The molecule has 0 radical (unpaired) electrons. The van der Waals surface area contributed by atoms with Crippen LogP contribution in [0.4, 0.5) is 10.6 Å². The summed E-state index contributed by atoms with van der Waals surface area (Å²) in [6.45, 7) is 2.01. The van der Waals surface area contributed by atoms with E-state index in [-0.39, 0.29) is 0 Å². The van der Waals surface area contributed by atoms with Gasteiger partial charge in [-0.1, -0.05) is 11.6 Å². The molecule has 1 aromatic rings. The summed E-state index contributed by atoms with van der Waals surface area (Å²) < 4.78 is 4.63. The van der Waals surface area contributed by atoms with Crippen LogP contribution in [0.3, 0.4) is 0 Å². The Morgan fingerprint density at radius 1 is 1.39 bits per heavy atom. The van der Waals surface area contributed by atoms with Crippen LogP contribution >= 0.6 is 11.6 Å². The number of rotatable bonds is 6. The highest BCUT2D eigenvalue weighted by Crippen LogP contribution is 2.24. The highest BCUT2D eigenvalue weighted by molar-refractivity contribution is 6.30. The minimum absolute atomic E-state index is 0.391. The molecule has 7 nitrogen and oxygen atoms in total. The third-order valence-electron chi connectivity index (χ3n) is 3.82. The van der Waals surface area contributed by atoms with Crippen molar-refractivity contribution >= 4 is 29.4 Å². The van der Waals surface area contributed by atoms with E-state index in [2.05, 4.69) is 19.9 Å². The second-order valence-electron chi connectivity index (χ2n) is 5.52. The number of nitrogens with zero attached hydrogens (tertiary/aromatic N) is 2. The number of carbonyl (C=O) groups is 2. The molecule has 0 atom stereocenters.